The summed E-state index contributed by atoms with van der Waals surface area (Å²) in [5.74, 6) is 0.104. The van der Waals surface area contributed by atoms with Crippen LogP contribution < -0.4 is 5.32 Å². The molecule has 1 atom stereocenters. The zero-order chi connectivity index (χ0) is 14.4. The summed E-state index contributed by atoms with van der Waals surface area (Å²) < 4.78 is 0. The van der Waals surface area contributed by atoms with Gasteiger partial charge in [-0.2, -0.15) is 0 Å². The topological polar surface area (TPSA) is 49.3 Å². The van der Waals surface area contributed by atoms with E-state index in [0.717, 1.165) is 31.2 Å². The van der Waals surface area contributed by atoms with Crippen LogP contribution in [0.5, 0.6) is 0 Å². The number of amides is 1. The van der Waals surface area contributed by atoms with Gasteiger partial charge >= 0.3 is 0 Å². The quantitative estimate of drug-likeness (QED) is 0.868. The van der Waals surface area contributed by atoms with Crippen LogP contribution in [0.15, 0.2) is 30.3 Å². The molecule has 1 fully saturated rings. The van der Waals surface area contributed by atoms with E-state index in [4.69, 9.17) is 0 Å². The van der Waals surface area contributed by atoms with Gasteiger partial charge in [0.2, 0.25) is 5.91 Å². The van der Waals surface area contributed by atoms with E-state index in [2.05, 4.69) is 12.2 Å². The van der Waals surface area contributed by atoms with Crippen LogP contribution in [0.2, 0.25) is 0 Å². The lowest BCUT2D eigenvalue weighted by atomic mass is 9.75. The van der Waals surface area contributed by atoms with Crippen molar-refractivity contribution in [2.45, 2.75) is 51.5 Å². The summed E-state index contributed by atoms with van der Waals surface area (Å²) in [6.45, 7) is 2.04. The van der Waals surface area contributed by atoms with E-state index < -0.39 is 0 Å². The van der Waals surface area contributed by atoms with Crippen molar-refractivity contribution in [3.8, 4) is 0 Å². The molecule has 1 saturated carbocycles. The van der Waals surface area contributed by atoms with Gasteiger partial charge in [-0.3, -0.25) is 4.79 Å². The van der Waals surface area contributed by atoms with Crippen LogP contribution in [-0.4, -0.2) is 23.7 Å². The molecule has 0 aromatic heterocycles. The van der Waals surface area contributed by atoms with Crippen molar-refractivity contribution in [1.82, 2.24) is 5.32 Å². The lowest BCUT2D eigenvalue weighted by Crippen LogP contribution is -2.47. The highest BCUT2D eigenvalue weighted by molar-refractivity contribution is 5.82. The third kappa shape index (κ3) is 3.83. The third-order valence-electron chi connectivity index (χ3n) is 4.39. The first-order valence-electron chi connectivity index (χ1n) is 7.60. The number of carbonyl (C=O) groups is 1. The van der Waals surface area contributed by atoms with Gasteiger partial charge in [0.25, 0.3) is 0 Å². The Morgan fingerprint density at radius 3 is 2.50 bits per heavy atom. The van der Waals surface area contributed by atoms with Gasteiger partial charge in [-0.25, -0.2) is 0 Å². The van der Waals surface area contributed by atoms with Crippen molar-refractivity contribution < 1.29 is 9.90 Å². The molecule has 1 aliphatic rings. The number of carbonyl (C=O) groups excluding carboxylic acids is 1. The van der Waals surface area contributed by atoms with Crippen LogP contribution in [0.1, 0.15) is 44.6 Å². The summed E-state index contributed by atoms with van der Waals surface area (Å²) in [6.07, 6.45) is 6.10. The lowest BCUT2D eigenvalue weighted by molar-refractivity contribution is -0.133. The summed E-state index contributed by atoms with van der Waals surface area (Å²) in [4.78, 5) is 12.5. The van der Waals surface area contributed by atoms with E-state index in [1.807, 2.05) is 30.3 Å². The number of hydrogen-bond donors (Lipinski definition) is 2. The van der Waals surface area contributed by atoms with Crippen LogP contribution in [0.4, 0.5) is 0 Å². The minimum Gasteiger partial charge on any atom is -0.394 e. The first-order valence-corrected chi connectivity index (χ1v) is 7.60. The van der Waals surface area contributed by atoms with Crippen molar-refractivity contribution >= 4 is 5.91 Å². The summed E-state index contributed by atoms with van der Waals surface area (Å²) in [5, 5.41) is 12.5. The van der Waals surface area contributed by atoms with Crippen molar-refractivity contribution in [3.05, 3.63) is 35.9 Å². The highest BCUT2D eigenvalue weighted by Crippen LogP contribution is 2.35. The van der Waals surface area contributed by atoms with Crippen molar-refractivity contribution in [1.29, 1.82) is 0 Å². The van der Waals surface area contributed by atoms with Gasteiger partial charge in [-0.05, 0) is 24.8 Å². The minimum absolute atomic E-state index is 0.0171. The number of hydrogen-bond acceptors (Lipinski definition) is 2. The summed E-state index contributed by atoms with van der Waals surface area (Å²) in [5.41, 5.74) is 0.892. The van der Waals surface area contributed by atoms with Crippen molar-refractivity contribution in [2.24, 2.45) is 5.41 Å². The fourth-order valence-corrected chi connectivity index (χ4v) is 2.98. The van der Waals surface area contributed by atoms with Gasteiger partial charge in [0, 0.05) is 5.41 Å². The maximum atomic E-state index is 12.5. The molecule has 0 unspecified atom stereocenters. The Balaban J connectivity index is 1.94. The van der Waals surface area contributed by atoms with Gasteiger partial charge in [0.15, 0.2) is 0 Å². The summed E-state index contributed by atoms with van der Waals surface area (Å²) in [7, 11) is 0. The fourth-order valence-electron chi connectivity index (χ4n) is 2.98. The average Bonchev–Trinajstić information content (AvgIpc) is 2.48. The van der Waals surface area contributed by atoms with Gasteiger partial charge < -0.3 is 10.4 Å². The van der Waals surface area contributed by atoms with Crippen LogP contribution in [0.3, 0.4) is 0 Å². The number of rotatable bonds is 5. The van der Waals surface area contributed by atoms with E-state index in [0.29, 0.717) is 6.42 Å². The second kappa shape index (κ2) is 6.89. The van der Waals surface area contributed by atoms with Crippen LogP contribution in [0.25, 0.3) is 0 Å². The maximum absolute atomic E-state index is 12.5. The van der Waals surface area contributed by atoms with Crippen molar-refractivity contribution in [2.75, 3.05) is 6.61 Å². The van der Waals surface area contributed by atoms with E-state index >= 15 is 0 Å². The van der Waals surface area contributed by atoms with E-state index in [-0.39, 0.29) is 24.0 Å². The van der Waals surface area contributed by atoms with Gasteiger partial charge in [-0.1, -0.05) is 56.5 Å². The monoisotopic (exact) mass is 275 g/mol. The lowest BCUT2D eigenvalue weighted by Gasteiger charge is -2.33. The standard InChI is InChI=1S/C17H25NO2/c1-17(10-6-3-7-11-17)16(20)18-15(13-19)12-14-8-4-2-5-9-14/h2,4-5,8-9,15,19H,3,6-7,10-13H2,1H3,(H,18,20)/t15-/m1/s1. The molecule has 110 valence electrons. The molecule has 1 aromatic rings. The van der Waals surface area contributed by atoms with E-state index in [1.165, 1.54) is 6.42 Å². The second-order valence-electron chi connectivity index (χ2n) is 6.16. The van der Waals surface area contributed by atoms with E-state index in [1.54, 1.807) is 0 Å². The fraction of sp³-hybridized carbons (Fsp3) is 0.588. The molecule has 3 nitrogen and oxygen atoms in total. The molecular formula is C17H25NO2. The van der Waals surface area contributed by atoms with Gasteiger partial charge in [0.1, 0.15) is 0 Å². The Morgan fingerprint density at radius 1 is 1.25 bits per heavy atom. The van der Waals surface area contributed by atoms with Crippen molar-refractivity contribution in [3.63, 3.8) is 0 Å². The molecule has 3 heteroatoms. The first kappa shape index (κ1) is 15.0. The predicted molar refractivity (Wildman–Crippen MR) is 80.4 cm³/mol. The largest absolute Gasteiger partial charge is 0.394 e. The highest BCUT2D eigenvalue weighted by Gasteiger charge is 2.35. The Hall–Kier alpha value is -1.35. The molecule has 0 aliphatic heterocycles. The molecule has 0 spiro atoms. The molecule has 0 radical (unpaired) electrons. The molecule has 2 N–H and O–H groups in total. The normalized spacial score (nSPS) is 19.3. The first-order chi connectivity index (χ1) is 9.64. The smallest absolute Gasteiger partial charge is 0.226 e. The van der Waals surface area contributed by atoms with Crippen LogP contribution >= 0.6 is 0 Å². The van der Waals surface area contributed by atoms with Gasteiger partial charge in [-0.15, -0.1) is 0 Å². The molecule has 2 rings (SSSR count). The van der Waals surface area contributed by atoms with Crippen LogP contribution in [-0.2, 0) is 11.2 Å². The number of aliphatic hydroxyl groups excluding tert-OH is 1. The number of benzene rings is 1. The third-order valence-corrected chi connectivity index (χ3v) is 4.39. The SMILES string of the molecule is CC1(C(=O)N[C@@H](CO)Cc2ccccc2)CCCCC1. The molecular weight excluding hydrogens is 250 g/mol. The van der Waals surface area contributed by atoms with E-state index in [9.17, 15) is 9.90 Å². The molecule has 1 amide bonds. The highest BCUT2D eigenvalue weighted by atomic mass is 16.3. The zero-order valence-corrected chi connectivity index (χ0v) is 12.3. The summed E-state index contributed by atoms with van der Waals surface area (Å²) >= 11 is 0. The average molecular weight is 275 g/mol. The Kier molecular flexibility index (Phi) is 5.18. The second-order valence-corrected chi connectivity index (χ2v) is 6.16. The molecule has 0 heterocycles. The Bertz CT molecular complexity index is 424. The molecule has 1 aliphatic carbocycles. The Labute approximate surface area is 121 Å². The maximum Gasteiger partial charge on any atom is 0.226 e. The number of nitrogens with one attached hydrogen (secondary N) is 1. The zero-order valence-electron chi connectivity index (χ0n) is 12.3. The number of aliphatic hydroxyl groups is 1. The molecule has 0 bridgehead atoms. The van der Waals surface area contributed by atoms with Gasteiger partial charge in [0.05, 0.1) is 12.6 Å². The molecule has 1 aromatic carbocycles. The Morgan fingerprint density at radius 2 is 1.90 bits per heavy atom. The summed E-state index contributed by atoms with van der Waals surface area (Å²) in [6, 6.07) is 9.79. The molecule has 20 heavy (non-hydrogen) atoms. The predicted octanol–water partition coefficient (Wildman–Crippen LogP) is 2.68. The molecule has 0 saturated heterocycles. The minimum atomic E-state index is -0.248. The van der Waals surface area contributed by atoms with Crippen LogP contribution in [0, 0.1) is 5.41 Å².